The second-order valence-electron chi connectivity index (χ2n) is 5.77. The second-order valence-corrected chi connectivity index (χ2v) is 7.42. The molecule has 8 heteroatoms. The highest BCUT2D eigenvalue weighted by atomic mass is 32.2. The Morgan fingerprint density at radius 2 is 1.95 bits per heavy atom. The average molecular weight is 310 g/mol. The maximum absolute atomic E-state index is 12.3. The number of nitrogen functional groups attached to an aromatic ring is 1. The molecule has 0 spiro atoms. The molecule has 2 amide bonds. The second kappa shape index (κ2) is 4.96. The number of amides is 2. The predicted molar refractivity (Wildman–Crippen MR) is 81.3 cm³/mol. The minimum absolute atomic E-state index is 0.00144. The van der Waals surface area contributed by atoms with Crippen LogP contribution in [0.3, 0.4) is 0 Å². The van der Waals surface area contributed by atoms with Gasteiger partial charge in [0.05, 0.1) is 0 Å². The van der Waals surface area contributed by atoms with Gasteiger partial charge >= 0.3 is 6.03 Å². The summed E-state index contributed by atoms with van der Waals surface area (Å²) in [6, 6.07) is 4.05. The number of hydrogen-bond acceptors (Lipinski definition) is 4. The molecule has 114 valence electrons. The lowest BCUT2D eigenvalue weighted by Gasteiger charge is -2.20. The van der Waals surface area contributed by atoms with Gasteiger partial charge in [-0.2, -0.15) is 0 Å². The van der Waals surface area contributed by atoms with Crippen LogP contribution in [0.1, 0.15) is 20.8 Å². The highest BCUT2D eigenvalue weighted by molar-refractivity contribution is 7.90. The first-order valence-corrected chi connectivity index (χ1v) is 7.78. The molecule has 0 aliphatic carbocycles. The Bertz CT molecular complexity index is 787. The van der Waals surface area contributed by atoms with Crippen LogP contribution >= 0.6 is 0 Å². The van der Waals surface area contributed by atoms with E-state index in [1.165, 1.54) is 6.20 Å². The van der Waals surface area contributed by atoms with Crippen molar-refractivity contribution in [2.24, 2.45) is 0 Å². The number of carbonyl (C=O) groups is 1. The molecule has 0 bridgehead atoms. The molecule has 0 radical (unpaired) electrons. The largest absolute Gasteiger partial charge is 0.399 e. The van der Waals surface area contributed by atoms with E-state index in [0.717, 1.165) is 0 Å². The number of nitrogens with one attached hydrogen (secondary N) is 3. The number of carbonyl (C=O) groups excluding carboxylic acids is 1. The van der Waals surface area contributed by atoms with Gasteiger partial charge in [0.2, 0.25) is 0 Å². The van der Waals surface area contributed by atoms with Crippen LogP contribution in [0, 0.1) is 0 Å². The standard InChI is InChI=1S/C13H18N4O3S/c1-13(2,3)16-12(18)17-21(19,20)11-7-15-10-6-8(14)4-5-9(10)11/h4-7,15H,14H2,1-3H3,(H2,16,17,18). The van der Waals surface area contributed by atoms with Crippen molar-refractivity contribution in [2.45, 2.75) is 31.2 Å². The molecule has 0 atom stereocenters. The number of aromatic nitrogens is 1. The normalized spacial score (nSPS) is 12.3. The fourth-order valence-corrected chi connectivity index (χ4v) is 2.97. The molecule has 21 heavy (non-hydrogen) atoms. The van der Waals surface area contributed by atoms with E-state index in [0.29, 0.717) is 16.6 Å². The minimum atomic E-state index is -3.96. The van der Waals surface area contributed by atoms with Crippen LogP contribution in [-0.4, -0.2) is 25.0 Å². The maximum atomic E-state index is 12.3. The lowest BCUT2D eigenvalue weighted by atomic mass is 10.1. The van der Waals surface area contributed by atoms with Crippen molar-refractivity contribution in [1.82, 2.24) is 15.0 Å². The van der Waals surface area contributed by atoms with E-state index in [-0.39, 0.29) is 4.90 Å². The Balaban J connectivity index is 2.32. The summed E-state index contributed by atoms with van der Waals surface area (Å²) in [6.07, 6.45) is 1.33. The Kier molecular flexibility index (Phi) is 3.58. The van der Waals surface area contributed by atoms with Crippen molar-refractivity contribution >= 4 is 32.6 Å². The number of nitrogens with two attached hydrogens (primary N) is 1. The third kappa shape index (κ3) is 3.46. The number of benzene rings is 1. The van der Waals surface area contributed by atoms with Crippen LogP contribution in [0.4, 0.5) is 10.5 Å². The van der Waals surface area contributed by atoms with Gasteiger partial charge in [-0.15, -0.1) is 0 Å². The molecule has 5 N–H and O–H groups in total. The summed E-state index contributed by atoms with van der Waals surface area (Å²) < 4.78 is 26.5. The van der Waals surface area contributed by atoms with E-state index in [9.17, 15) is 13.2 Å². The minimum Gasteiger partial charge on any atom is -0.399 e. The lowest BCUT2D eigenvalue weighted by molar-refractivity contribution is 0.237. The third-order valence-corrected chi connectivity index (χ3v) is 4.04. The number of aromatic amines is 1. The zero-order valence-electron chi connectivity index (χ0n) is 12.0. The molecule has 0 saturated carbocycles. The Labute approximate surface area is 123 Å². The van der Waals surface area contributed by atoms with Crippen LogP contribution in [0.15, 0.2) is 29.3 Å². The third-order valence-electron chi connectivity index (χ3n) is 2.67. The first kappa shape index (κ1) is 15.2. The first-order chi connectivity index (χ1) is 9.58. The van der Waals surface area contributed by atoms with E-state index < -0.39 is 21.6 Å². The van der Waals surface area contributed by atoms with Gasteiger partial charge in [0.25, 0.3) is 10.0 Å². The summed E-state index contributed by atoms with van der Waals surface area (Å²) in [5, 5.41) is 3.01. The van der Waals surface area contributed by atoms with Crippen LogP contribution in [0.5, 0.6) is 0 Å². The van der Waals surface area contributed by atoms with Gasteiger partial charge in [-0.05, 0) is 39.0 Å². The van der Waals surface area contributed by atoms with E-state index >= 15 is 0 Å². The Morgan fingerprint density at radius 1 is 1.29 bits per heavy atom. The molecule has 2 rings (SSSR count). The van der Waals surface area contributed by atoms with Gasteiger partial charge in [0.1, 0.15) is 4.90 Å². The van der Waals surface area contributed by atoms with Crippen LogP contribution in [0.25, 0.3) is 10.9 Å². The molecule has 0 aliphatic heterocycles. The molecule has 2 aromatic rings. The first-order valence-electron chi connectivity index (χ1n) is 6.30. The number of urea groups is 1. The molecule has 0 aliphatic rings. The summed E-state index contributed by atoms with van der Waals surface area (Å²) in [7, 11) is -3.96. The number of rotatable bonds is 2. The zero-order valence-corrected chi connectivity index (χ0v) is 12.8. The van der Waals surface area contributed by atoms with Crippen LogP contribution in [0.2, 0.25) is 0 Å². The van der Waals surface area contributed by atoms with Crippen molar-refractivity contribution in [3.05, 3.63) is 24.4 Å². The Hall–Kier alpha value is -2.22. The van der Waals surface area contributed by atoms with Crippen molar-refractivity contribution in [3.8, 4) is 0 Å². The number of hydrogen-bond donors (Lipinski definition) is 4. The van der Waals surface area contributed by atoms with Crippen LogP contribution in [-0.2, 0) is 10.0 Å². The van der Waals surface area contributed by atoms with E-state index in [2.05, 4.69) is 10.3 Å². The van der Waals surface area contributed by atoms with Gasteiger partial charge in [-0.1, -0.05) is 0 Å². The SMILES string of the molecule is CC(C)(C)NC(=O)NS(=O)(=O)c1c[nH]c2cc(N)ccc12. The molecular formula is C13H18N4O3S. The number of anilines is 1. The fraction of sp³-hybridized carbons (Fsp3) is 0.308. The van der Waals surface area contributed by atoms with Gasteiger partial charge in [-0.3, -0.25) is 0 Å². The van der Waals surface area contributed by atoms with E-state index in [4.69, 9.17) is 5.73 Å². The number of H-pyrrole nitrogens is 1. The van der Waals surface area contributed by atoms with E-state index in [1.807, 2.05) is 4.72 Å². The van der Waals surface area contributed by atoms with Crippen molar-refractivity contribution < 1.29 is 13.2 Å². The lowest BCUT2D eigenvalue weighted by Crippen LogP contribution is -2.48. The molecule has 7 nitrogen and oxygen atoms in total. The quantitative estimate of drug-likeness (QED) is 0.629. The molecule has 1 heterocycles. The zero-order chi connectivity index (χ0) is 15.8. The summed E-state index contributed by atoms with van der Waals surface area (Å²) in [6.45, 7) is 5.27. The fourth-order valence-electron chi connectivity index (χ4n) is 1.88. The molecule has 1 aromatic heterocycles. The highest BCUT2D eigenvalue weighted by Crippen LogP contribution is 2.24. The molecule has 0 unspecified atom stereocenters. The summed E-state index contributed by atoms with van der Waals surface area (Å²) in [5.74, 6) is 0. The van der Waals surface area contributed by atoms with Gasteiger partial charge < -0.3 is 16.0 Å². The van der Waals surface area contributed by atoms with Gasteiger partial charge in [0, 0.05) is 28.3 Å². The monoisotopic (exact) mass is 310 g/mol. The molecule has 1 aromatic carbocycles. The van der Waals surface area contributed by atoms with Crippen molar-refractivity contribution in [1.29, 1.82) is 0 Å². The average Bonchev–Trinajstić information content (AvgIpc) is 2.68. The van der Waals surface area contributed by atoms with E-state index in [1.54, 1.807) is 39.0 Å². The van der Waals surface area contributed by atoms with Crippen molar-refractivity contribution in [3.63, 3.8) is 0 Å². The van der Waals surface area contributed by atoms with Gasteiger partial charge in [-0.25, -0.2) is 17.9 Å². The molecular weight excluding hydrogens is 292 g/mol. The highest BCUT2D eigenvalue weighted by Gasteiger charge is 2.23. The summed E-state index contributed by atoms with van der Waals surface area (Å²) >= 11 is 0. The topological polar surface area (TPSA) is 117 Å². The maximum Gasteiger partial charge on any atom is 0.329 e. The van der Waals surface area contributed by atoms with Gasteiger partial charge in [0.15, 0.2) is 0 Å². The van der Waals surface area contributed by atoms with Crippen molar-refractivity contribution in [2.75, 3.05) is 5.73 Å². The summed E-state index contributed by atoms with van der Waals surface area (Å²) in [4.78, 5) is 14.6. The molecule has 0 saturated heterocycles. The number of sulfonamides is 1. The predicted octanol–water partition coefficient (Wildman–Crippen LogP) is 1.54. The smallest absolute Gasteiger partial charge is 0.329 e. The summed E-state index contributed by atoms with van der Waals surface area (Å²) in [5.41, 5.74) is 6.22. The number of fused-ring (bicyclic) bond motifs is 1. The Morgan fingerprint density at radius 3 is 2.57 bits per heavy atom. The van der Waals surface area contributed by atoms with Crippen LogP contribution < -0.4 is 15.8 Å². The molecule has 0 fully saturated rings.